The summed E-state index contributed by atoms with van der Waals surface area (Å²) in [5, 5.41) is 5.03. The maximum absolute atomic E-state index is 12.0. The Balaban J connectivity index is 2.07. The number of thioether (sulfide) groups is 1. The van der Waals surface area contributed by atoms with E-state index in [-0.39, 0.29) is 12.0 Å². The third kappa shape index (κ3) is 4.48. The lowest BCUT2D eigenvalue weighted by atomic mass is 10.2. The average molecular weight is 340 g/mol. The Kier molecular flexibility index (Phi) is 6.06. The predicted octanol–water partition coefficient (Wildman–Crippen LogP) is 1.62. The van der Waals surface area contributed by atoms with E-state index in [1.54, 1.807) is 6.92 Å². The van der Waals surface area contributed by atoms with Crippen LogP contribution >= 0.6 is 11.8 Å². The van der Waals surface area contributed by atoms with Crippen molar-refractivity contribution in [1.82, 2.24) is 20.2 Å². The summed E-state index contributed by atoms with van der Waals surface area (Å²) in [6.45, 7) is 7.31. The van der Waals surface area contributed by atoms with E-state index in [9.17, 15) is 9.59 Å². The number of hydrogen-bond donors (Lipinski definition) is 2. The largest absolute Gasteiger partial charge is 0.376 e. The van der Waals surface area contributed by atoms with E-state index in [4.69, 9.17) is 4.74 Å². The van der Waals surface area contributed by atoms with Crippen LogP contribution in [-0.4, -0.2) is 46.5 Å². The van der Waals surface area contributed by atoms with Crippen molar-refractivity contribution >= 4 is 23.7 Å². The molecule has 7 nitrogen and oxygen atoms in total. The van der Waals surface area contributed by atoms with Gasteiger partial charge in [0.15, 0.2) is 5.16 Å². The first-order valence-electron chi connectivity index (χ1n) is 7.77. The van der Waals surface area contributed by atoms with E-state index < -0.39 is 11.3 Å². The van der Waals surface area contributed by atoms with Gasteiger partial charge in [-0.25, -0.2) is 9.78 Å². The fraction of sp³-hybridized carbons (Fsp3) is 0.667. The predicted molar refractivity (Wildman–Crippen MR) is 88.6 cm³/mol. The third-order valence-electron chi connectivity index (χ3n) is 3.95. The number of aromatic nitrogens is 2. The molecule has 0 aliphatic carbocycles. The van der Waals surface area contributed by atoms with Crippen LogP contribution in [0.25, 0.3) is 0 Å². The molecule has 8 heteroatoms. The van der Waals surface area contributed by atoms with Gasteiger partial charge in [0.2, 0.25) is 5.91 Å². The van der Waals surface area contributed by atoms with Crippen molar-refractivity contribution in [1.29, 1.82) is 0 Å². The van der Waals surface area contributed by atoms with Crippen LogP contribution in [0.4, 0.5) is 4.79 Å². The number of urea groups is 1. The van der Waals surface area contributed by atoms with Crippen molar-refractivity contribution < 1.29 is 14.3 Å². The summed E-state index contributed by atoms with van der Waals surface area (Å²) in [6.07, 6.45) is 2.34. The van der Waals surface area contributed by atoms with Gasteiger partial charge in [-0.3, -0.25) is 10.1 Å². The zero-order chi connectivity index (χ0) is 17.0. The summed E-state index contributed by atoms with van der Waals surface area (Å²) in [7, 11) is 1.47. The lowest BCUT2D eigenvalue weighted by Crippen LogP contribution is -2.41. The lowest BCUT2D eigenvalue weighted by Gasteiger charge is -2.16. The Morgan fingerprint density at radius 2 is 2.22 bits per heavy atom. The molecular formula is C15H24N4O3S. The average Bonchev–Trinajstić information content (AvgIpc) is 3.11. The van der Waals surface area contributed by atoms with Crippen LogP contribution in [0.2, 0.25) is 0 Å². The van der Waals surface area contributed by atoms with Gasteiger partial charge in [0.1, 0.15) is 0 Å². The molecule has 2 atom stereocenters. The normalized spacial score (nSPS) is 18.7. The number of aryl methyl sites for hydroxylation is 1. The van der Waals surface area contributed by atoms with Gasteiger partial charge >= 0.3 is 6.03 Å². The second kappa shape index (κ2) is 7.83. The van der Waals surface area contributed by atoms with Gasteiger partial charge in [-0.1, -0.05) is 11.8 Å². The third-order valence-corrected chi connectivity index (χ3v) is 5.04. The van der Waals surface area contributed by atoms with Crippen molar-refractivity contribution in [3.63, 3.8) is 0 Å². The molecule has 1 aliphatic heterocycles. The van der Waals surface area contributed by atoms with Crippen LogP contribution in [0.5, 0.6) is 0 Å². The second-order valence-electron chi connectivity index (χ2n) is 5.64. The summed E-state index contributed by atoms with van der Waals surface area (Å²) >= 11 is 1.35. The number of carbonyl (C=O) groups excluding carboxylic acids is 2. The summed E-state index contributed by atoms with van der Waals surface area (Å²) in [4.78, 5) is 27.8. The molecule has 2 heterocycles. The number of nitrogens with one attached hydrogen (secondary N) is 2. The maximum atomic E-state index is 12.0. The maximum Gasteiger partial charge on any atom is 0.321 e. The lowest BCUT2D eigenvalue weighted by molar-refractivity contribution is -0.119. The van der Waals surface area contributed by atoms with E-state index in [2.05, 4.69) is 20.2 Å². The van der Waals surface area contributed by atoms with Crippen molar-refractivity contribution in [2.75, 3.05) is 13.7 Å². The molecule has 3 amide bonds. The molecule has 1 fully saturated rings. The highest BCUT2D eigenvalue weighted by Crippen LogP contribution is 2.27. The van der Waals surface area contributed by atoms with Gasteiger partial charge in [-0.05, 0) is 33.6 Å². The molecular weight excluding hydrogens is 316 g/mol. The van der Waals surface area contributed by atoms with E-state index in [0.29, 0.717) is 0 Å². The number of nitrogens with zero attached hydrogens (tertiary/aromatic N) is 2. The highest BCUT2D eigenvalue weighted by Gasteiger charge is 2.23. The highest BCUT2D eigenvalue weighted by atomic mass is 32.2. The molecule has 23 heavy (non-hydrogen) atoms. The van der Waals surface area contributed by atoms with Gasteiger partial charge in [0, 0.05) is 19.3 Å². The molecule has 0 radical (unpaired) electrons. The van der Waals surface area contributed by atoms with E-state index in [1.165, 1.54) is 18.8 Å². The van der Waals surface area contributed by atoms with Crippen molar-refractivity contribution in [2.24, 2.45) is 0 Å². The first-order valence-corrected chi connectivity index (χ1v) is 8.65. The number of carbonyl (C=O) groups is 2. The molecule has 128 valence electrons. The van der Waals surface area contributed by atoms with Gasteiger partial charge < -0.3 is 14.6 Å². The van der Waals surface area contributed by atoms with Crippen LogP contribution in [0, 0.1) is 13.8 Å². The number of ether oxygens (including phenoxy) is 1. The van der Waals surface area contributed by atoms with Crippen molar-refractivity contribution in [2.45, 2.75) is 56.7 Å². The number of imidazole rings is 1. The highest BCUT2D eigenvalue weighted by molar-refractivity contribution is 8.00. The number of amides is 3. The minimum Gasteiger partial charge on any atom is -0.376 e. The van der Waals surface area contributed by atoms with Crippen LogP contribution in [0.3, 0.4) is 0 Å². The van der Waals surface area contributed by atoms with Gasteiger partial charge in [0.05, 0.1) is 23.6 Å². The van der Waals surface area contributed by atoms with Crippen molar-refractivity contribution in [3.8, 4) is 0 Å². The SMILES string of the molecule is CNC(=O)NC(=O)C(C)Sc1nc(C)c(C)n1CC1CCCO1. The molecule has 1 saturated heterocycles. The quantitative estimate of drug-likeness (QED) is 0.796. The molecule has 1 aromatic heterocycles. The topological polar surface area (TPSA) is 85.3 Å². The zero-order valence-corrected chi connectivity index (χ0v) is 14.8. The first kappa shape index (κ1) is 17.8. The Labute approximate surface area is 140 Å². The summed E-state index contributed by atoms with van der Waals surface area (Å²) < 4.78 is 7.82. The number of rotatable bonds is 5. The number of hydrogen-bond acceptors (Lipinski definition) is 5. The summed E-state index contributed by atoms with van der Waals surface area (Å²) in [6, 6.07) is -0.502. The Hall–Kier alpha value is -1.54. The van der Waals surface area contributed by atoms with Crippen LogP contribution in [0.15, 0.2) is 5.16 Å². The standard InChI is InChI=1S/C15H24N4O3S/c1-9-10(2)19(8-12-6-5-7-22-12)15(17-9)23-11(3)13(20)18-14(21)16-4/h11-12H,5-8H2,1-4H3,(H2,16,18,20,21). The fourth-order valence-electron chi connectivity index (χ4n) is 2.41. The molecule has 2 unspecified atom stereocenters. The van der Waals surface area contributed by atoms with E-state index in [0.717, 1.165) is 42.5 Å². The van der Waals surface area contributed by atoms with Gasteiger partial charge in [-0.2, -0.15) is 0 Å². The van der Waals surface area contributed by atoms with E-state index >= 15 is 0 Å². The van der Waals surface area contributed by atoms with Crippen molar-refractivity contribution in [3.05, 3.63) is 11.4 Å². The molecule has 0 spiro atoms. The van der Waals surface area contributed by atoms with Crippen LogP contribution in [0.1, 0.15) is 31.2 Å². The Morgan fingerprint density at radius 1 is 1.48 bits per heavy atom. The molecule has 2 rings (SSSR count). The fourth-order valence-corrected chi connectivity index (χ4v) is 3.42. The second-order valence-corrected chi connectivity index (χ2v) is 6.95. The van der Waals surface area contributed by atoms with Crippen LogP contribution < -0.4 is 10.6 Å². The molecule has 0 aromatic carbocycles. The molecule has 0 bridgehead atoms. The first-order chi connectivity index (χ1) is 10.9. The minimum absolute atomic E-state index is 0.205. The van der Waals surface area contributed by atoms with E-state index in [1.807, 2.05) is 13.8 Å². The molecule has 0 saturated carbocycles. The van der Waals surface area contributed by atoms with Gasteiger partial charge in [-0.15, -0.1) is 0 Å². The summed E-state index contributed by atoms with van der Waals surface area (Å²) in [5.41, 5.74) is 2.03. The van der Waals surface area contributed by atoms with Crippen LogP contribution in [-0.2, 0) is 16.1 Å². The Bertz CT molecular complexity index is 582. The molecule has 2 N–H and O–H groups in total. The summed E-state index contributed by atoms with van der Waals surface area (Å²) in [5.74, 6) is -0.337. The van der Waals surface area contributed by atoms with Gasteiger partial charge in [0.25, 0.3) is 0 Å². The zero-order valence-electron chi connectivity index (χ0n) is 14.0. The monoisotopic (exact) mass is 340 g/mol. The molecule has 1 aliphatic rings. The number of imide groups is 1. The Morgan fingerprint density at radius 3 is 2.83 bits per heavy atom. The smallest absolute Gasteiger partial charge is 0.321 e. The minimum atomic E-state index is -0.502. The molecule has 1 aromatic rings.